The second kappa shape index (κ2) is 4.62. The number of hydrogen-bond acceptors (Lipinski definition) is 1. The van der Waals surface area contributed by atoms with E-state index >= 15 is 0 Å². The van der Waals surface area contributed by atoms with E-state index < -0.39 is 0 Å². The van der Waals surface area contributed by atoms with Crippen molar-refractivity contribution in [2.24, 2.45) is 0 Å². The van der Waals surface area contributed by atoms with Crippen LogP contribution >= 0.6 is 0 Å². The molecule has 1 saturated heterocycles. The van der Waals surface area contributed by atoms with E-state index in [1.807, 2.05) is 0 Å². The van der Waals surface area contributed by atoms with Gasteiger partial charge in [0.2, 0.25) is 0 Å². The van der Waals surface area contributed by atoms with Gasteiger partial charge in [-0.3, -0.25) is 0 Å². The first-order valence-corrected chi connectivity index (χ1v) is 6.59. The van der Waals surface area contributed by atoms with E-state index in [0.29, 0.717) is 0 Å². The third kappa shape index (κ3) is 2.56. The molecule has 0 N–H and O–H groups in total. The van der Waals surface area contributed by atoms with Crippen LogP contribution in [-0.4, -0.2) is 19.6 Å². The lowest BCUT2D eigenvalue weighted by molar-refractivity contribution is 0.0879. The minimum absolute atomic E-state index is 0.103. The fourth-order valence-electron chi connectivity index (χ4n) is 2.20. The summed E-state index contributed by atoms with van der Waals surface area (Å²) in [6.45, 7) is 11.0. The third-order valence-electron chi connectivity index (χ3n) is 4.22. The van der Waals surface area contributed by atoms with E-state index in [2.05, 4.69) is 78.1 Å². The maximum atomic E-state index is 6.08. The van der Waals surface area contributed by atoms with Crippen LogP contribution in [0.25, 0.3) is 6.08 Å². The zero-order chi connectivity index (χ0) is 13.4. The summed E-state index contributed by atoms with van der Waals surface area (Å²) >= 11 is 0. The predicted octanol–water partition coefficient (Wildman–Crippen LogP) is 3.75. The van der Waals surface area contributed by atoms with Gasteiger partial charge in [-0.05, 0) is 37.2 Å². The normalized spacial score (nSPS) is 21.3. The quantitative estimate of drug-likeness (QED) is 0.714. The Labute approximate surface area is 112 Å². The van der Waals surface area contributed by atoms with Gasteiger partial charge >= 0.3 is 0 Å². The molecule has 93 valence electrons. The van der Waals surface area contributed by atoms with Crippen LogP contribution in [0.3, 0.4) is 0 Å². The molecule has 1 radical (unpaired) electrons. The van der Waals surface area contributed by atoms with E-state index in [-0.39, 0.29) is 17.7 Å². The van der Waals surface area contributed by atoms with Crippen molar-refractivity contribution in [1.29, 1.82) is 0 Å². The van der Waals surface area contributed by atoms with Crippen LogP contribution in [0.1, 0.15) is 38.8 Å². The lowest BCUT2D eigenvalue weighted by Gasteiger charge is -2.34. The fraction of sp³-hybridized carbons (Fsp3) is 0.467. The topological polar surface area (TPSA) is 9.23 Å². The molecule has 1 nitrogen and oxygen atoms in total. The van der Waals surface area contributed by atoms with Gasteiger partial charge < -0.3 is 4.65 Å². The summed E-state index contributed by atoms with van der Waals surface area (Å²) < 4.78 is 6.08. The molecule has 1 fully saturated rings. The second-order valence-corrected chi connectivity index (χ2v) is 6.20. The molecule has 1 aromatic carbocycles. The smallest absolute Gasteiger partial charge is 0.273 e. The molecule has 1 heterocycles. The third-order valence-corrected chi connectivity index (χ3v) is 4.22. The van der Waals surface area contributed by atoms with Gasteiger partial charge in [-0.25, -0.2) is 0 Å². The minimum Gasteiger partial charge on any atom is -0.435 e. The van der Waals surface area contributed by atoms with Gasteiger partial charge in [0.1, 0.15) is 7.17 Å². The first-order chi connectivity index (χ1) is 8.32. The second-order valence-electron chi connectivity index (χ2n) is 6.20. The van der Waals surface area contributed by atoms with Crippen molar-refractivity contribution in [1.82, 2.24) is 0 Å². The van der Waals surface area contributed by atoms with Gasteiger partial charge in [0, 0.05) is 5.60 Å². The Morgan fingerprint density at radius 3 is 2.39 bits per heavy atom. The van der Waals surface area contributed by atoms with Crippen molar-refractivity contribution in [3.8, 4) is 0 Å². The highest BCUT2D eigenvalue weighted by atomic mass is 16.5. The van der Waals surface area contributed by atoms with E-state index in [9.17, 15) is 0 Å². The highest BCUT2D eigenvalue weighted by molar-refractivity contribution is 7.14. The zero-order valence-electron chi connectivity index (χ0n) is 12.0. The summed E-state index contributed by atoms with van der Waals surface area (Å²) in [5.74, 6) is 2.15. The molecule has 1 aliphatic heterocycles. The Morgan fingerprint density at radius 2 is 1.83 bits per heavy atom. The summed E-state index contributed by atoms with van der Waals surface area (Å²) in [6, 6.07) is 8.40. The molecule has 0 atom stereocenters. The Morgan fingerprint density at radius 1 is 1.17 bits per heavy atom. The Bertz CT molecular complexity index is 447. The van der Waals surface area contributed by atoms with E-state index in [1.54, 1.807) is 0 Å². The predicted molar refractivity (Wildman–Crippen MR) is 80.9 cm³/mol. The van der Waals surface area contributed by atoms with Crippen molar-refractivity contribution in [2.45, 2.75) is 45.5 Å². The van der Waals surface area contributed by atoms with Crippen LogP contribution in [0.15, 0.2) is 30.2 Å². The highest BCUT2D eigenvalue weighted by Gasteiger charge is 2.48. The molecule has 1 aliphatic rings. The summed E-state index contributed by atoms with van der Waals surface area (Å²) in [7, 11) is 2.29. The zero-order valence-corrected chi connectivity index (χ0v) is 12.0. The van der Waals surface area contributed by atoms with Crippen molar-refractivity contribution < 1.29 is 4.65 Å². The SMILES string of the molecule is Cc1ccccc1/C=C/B1[B]C(C)(C)C(C)(C)O1. The van der Waals surface area contributed by atoms with Crippen LogP contribution in [0.2, 0.25) is 5.31 Å². The molecule has 0 amide bonds. The first kappa shape index (κ1) is 13.5. The van der Waals surface area contributed by atoms with Crippen molar-refractivity contribution >= 4 is 20.1 Å². The highest BCUT2D eigenvalue weighted by Crippen LogP contribution is 2.45. The minimum atomic E-state index is -0.103. The Hall–Kier alpha value is -0.950. The van der Waals surface area contributed by atoms with Gasteiger partial charge in [0.25, 0.3) is 6.81 Å². The van der Waals surface area contributed by atoms with Crippen molar-refractivity contribution in [2.75, 3.05) is 0 Å². The average molecular weight is 239 g/mol. The standard InChI is InChI=1S/C15H21B2O/c1-12-8-6-7-9-13(12)10-11-17-16-14(2,3)15(4,5)18-17/h6-11H,1-5H3/b11-10+. The maximum Gasteiger partial charge on any atom is 0.273 e. The number of rotatable bonds is 2. The Kier molecular flexibility index (Phi) is 3.46. The molecule has 0 unspecified atom stereocenters. The summed E-state index contributed by atoms with van der Waals surface area (Å²) in [6.07, 6.45) is 2.16. The van der Waals surface area contributed by atoms with Gasteiger partial charge in [-0.2, -0.15) is 0 Å². The van der Waals surface area contributed by atoms with Crippen LogP contribution in [0, 0.1) is 6.92 Å². The van der Waals surface area contributed by atoms with E-state index in [1.165, 1.54) is 11.1 Å². The molecule has 1 aromatic rings. The molecular formula is C15H21B2O. The molecule has 0 bridgehead atoms. The van der Waals surface area contributed by atoms with Crippen LogP contribution < -0.4 is 0 Å². The molecular weight excluding hydrogens is 218 g/mol. The maximum absolute atomic E-state index is 6.08. The van der Waals surface area contributed by atoms with Crippen molar-refractivity contribution in [3.63, 3.8) is 0 Å². The number of hydrogen-bond donors (Lipinski definition) is 0. The van der Waals surface area contributed by atoms with E-state index in [0.717, 1.165) is 0 Å². The van der Waals surface area contributed by atoms with Gasteiger partial charge in [0.05, 0.1) is 0 Å². The van der Waals surface area contributed by atoms with Gasteiger partial charge in [-0.15, -0.1) is 0 Å². The lowest BCUT2D eigenvalue weighted by Crippen LogP contribution is -2.31. The molecule has 0 spiro atoms. The van der Waals surface area contributed by atoms with Crippen molar-refractivity contribution in [3.05, 3.63) is 41.4 Å². The first-order valence-electron chi connectivity index (χ1n) is 6.59. The lowest BCUT2D eigenvalue weighted by atomic mass is 9.25. The summed E-state index contributed by atoms with van der Waals surface area (Å²) in [4.78, 5) is 0. The largest absolute Gasteiger partial charge is 0.435 e. The summed E-state index contributed by atoms with van der Waals surface area (Å²) in [5.41, 5.74) is 2.45. The van der Waals surface area contributed by atoms with Gasteiger partial charge in [0.15, 0.2) is 0 Å². The van der Waals surface area contributed by atoms with E-state index in [4.69, 9.17) is 4.65 Å². The molecule has 0 aliphatic carbocycles. The monoisotopic (exact) mass is 239 g/mol. The molecule has 18 heavy (non-hydrogen) atoms. The number of benzene rings is 1. The molecule has 3 heteroatoms. The molecule has 0 saturated carbocycles. The summed E-state index contributed by atoms with van der Waals surface area (Å²) in [5, 5.41) is 0.105. The van der Waals surface area contributed by atoms with Crippen LogP contribution in [-0.2, 0) is 4.65 Å². The molecule has 2 rings (SSSR count). The van der Waals surface area contributed by atoms with Crippen LogP contribution in [0.4, 0.5) is 0 Å². The number of aryl methyl sites for hydroxylation is 1. The molecule has 0 aromatic heterocycles. The fourth-order valence-corrected chi connectivity index (χ4v) is 2.20. The Balaban J connectivity index is 2.11. The average Bonchev–Trinajstić information content (AvgIpc) is 2.46. The van der Waals surface area contributed by atoms with Crippen LogP contribution in [0.5, 0.6) is 0 Å². The van der Waals surface area contributed by atoms with Gasteiger partial charge in [-0.1, -0.05) is 50.2 Å².